The first-order valence-electron chi connectivity index (χ1n) is 10.1. The molecule has 2 aromatic carbocycles. The van der Waals surface area contributed by atoms with Gasteiger partial charge >= 0.3 is 0 Å². The third kappa shape index (κ3) is 5.36. The summed E-state index contributed by atoms with van der Waals surface area (Å²) in [7, 11) is 0. The van der Waals surface area contributed by atoms with Crippen molar-refractivity contribution < 1.29 is 14.0 Å². The molecule has 3 rings (SSSR count). The van der Waals surface area contributed by atoms with Crippen LogP contribution in [0.5, 0.6) is 0 Å². The van der Waals surface area contributed by atoms with E-state index in [0.29, 0.717) is 24.3 Å². The number of nitrogens with one attached hydrogen (secondary N) is 2. The van der Waals surface area contributed by atoms with E-state index in [0.717, 1.165) is 11.3 Å². The fourth-order valence-electron chi connectivity index (χ4n) is 3.27. The second kappa shape index (κ2) is 10.4. The van der Waals surface area contributed by atoms with Crippen molar-refractivity contribution in [3.8, 4) is 0 Å². The highest BCUT2D eigenvalue weighted by Crippen LogP contribution is 2.22. The number of hydrogen-bond acceptors (Lipinski definition) is 4. The first-order chi connectivity index (χ1) is 14.6. The van der Waals surface area contributed by atoms with E-state index >= 15 is 0 Å². The highest BCUT2D eigenvalue weighted by molar-refractivity contribution is 5.96. The first kappa shape index (κ1) is 21.3. The number of amides is 2. The maximum absolute atomic E-state index is 12.5. The smallest absolute Gasteiger partial charge is 0.253 e. The molecule has 0 unspecified atom stereocenters. The molecule has 2 amide bonds. The fourth-order valence-corrected chi connectivity index (χ4v) is 3.27. The van der Waals surface area contributed by atoms with E-state index in [9.17, 15) is 9.59 Å². The van der Waals surface area contributed by atoms with Crippen LogP contribution >= 0.6 is 0 Å². The van der Waals surface area contributed by atoms with Crippen LogP contribution in [0.15, 0.2) is 77.4 Å². The van der Waals surface area contributed by atoms with Crippen molar-refractivity contribution in [2.75, 3.05) is 25.0 Å². The molecule has 0 fully saturated rings. The van der Waals surface area contributed by atoms with Gasteiger partial charge in [0.05, 0.1) is 18.8 Å². The Labute approximate surface area is 176 Å². The molecule has 6 nitrogen and oxygen atoms in total. The third-order valence-corrected chi connectivity index (χ3v) is 4.89. The fraction of sp³-hybridized carbons (Fsp3) is 0.250. The molecule has 1 heterocycles. The Kier molecular flexibility index (Phi) is 7.40. The molecule has 30 heavy (non-hydrogen) atoms. The lowest BCUT2D eigenvalue weighted by atomic mass is 10.0. The van der Waals surface area contributed by atoms with E-state index in [1.807, 2.05) is 56.3 Å². The molecule has 0 aliphatic carbocycles. The van der Waals surface area contributed by atoms with Gasteiger partial charge in [-0.25, -0.2) is 0 Å². The van der Waals surface area contributed by atoms with Crippen molar-refractivity contribution in [2.45, 2.75) is 19.9 Å². The van der Waals surface area contributed by atoms with Gasteiger partial charge in [0.15, 0.2) is 0 Å². The van der Waals surface area contributed by atoms with Crippen LogP contribution in [0.3, 0.4) is 0 Å². The maximum atomic E-state index is 12.5. The summed E-state index contributed by atoms with van der Waals surface area (Å²) < 4.78 is 5.54. The summed E-state index contributed by atoms with van der Waals surface area (Å²) in [6.45, 7) is 5.35. The lowest BCUT2D eigenvalue weighted by Gasteiger charge is -2.19. The summed E-state index contributed by atoms with van der Waals surface area (Å²) in [4.78, 5) is 26.6. The van der Waals surface area contributed by atoms with Crippen molar-refractivity contribution >= 4 is 17.5 Å². The summed E-state index contributed by atoms with van der Waals surface area (Å²) in [5.41, 5.74) is 2.27. The van der Waals surface area contributed by atoms with E-state index in [-0.39, 0.29) is 24.4 Å². The summed E-state index contributed by atoms with van der Waals surface area (Å²) >= 11 is 0. The lowest BCUT2D eigenvalue weighted by molar-refractivity contribution is -0.115. The Morgan fingerprint density at radius 2 is 1.63 bits per heavy atom. The quantitative estimate of drug-likeness (QED) is 0.563. The third-order valence-electron chi connectivity index (χ3n) is 4.89. The zero-order chi connectivity index (χ0) is 21.3. The second-order valence-corrected chi connectivity index (χ2v) is 6.84. The van der Waals surface area contributed by atoms with E-state index in [2.05, 4.69) is 10.6 Å². The van der Waals surface area contributed by atoms with Crippen molar-refractivity contribution in [1.29, 1.82) is 0 Å². The minimum Gasteiger partial charge on any atom is -0.467 e. The number of carbonyl (C=O) groups is 2. The molecule has 0 bridgehead atoms. The first-order valence-corrected chi connectivity index (χ1v) is 10.1. The van der Waals surface area contributed by atoms with Crippen LogP contribution in [-0.4, -0.2) is 36.3 Å². The van der Waals surface area contributed by atoms with Gasteiger partial charge in [0.1, 0.15) is 5.76 Å². The molecular formula is C24H27N3O3. The van der Waals surface area contributed by atoms with Crippen LogP contribution in [0.4, 0.5) is 5.69 Å². The van der Waals surface area contributed by atoms with Gasteiger partial charge in [-0.05, 0) is 55.8 Å². The van der Waals surface area contributed by atoms with Crippen LogP contribution in [0.2, 0.25) is 0 Å². The predicted molar refractivity (Wildman–Crippen MR) is 117 cm³/mol. The van der Waals surface area contributed by atoms with E-state index in [1.165, 1.54) is 0 Å². The summed E-state index contributed by atoms with van der Waals surface area (Å²) in [5, 5.41) is 6.11. The standard InChI is InChI=1S/C24H27N3O3/c1-3-27(4-2)24(29)19-12-14-20(15-13-19)26-22(28)17-25-23(21-11-8-16-30-21)18-9-6-5-7-10-18/h5-16,23,25H,3-4,17H2,1-2H3,(H,26,28)/t23-/m1/s1. The molecule has 0 saturated heterocycles. The molecule has 0 radical (unpaired) electrons. The molecule has 6 heteroatoms. The number of furan rings is 1. The van der Waals surface area contributed by atoms with E-state index in [1.54, 1.807) is 35.4 Å². The van der Waals surface area contributed by atoms with Crippen LogP contribution in [0.25, 0.3) is 0 Å². The monoisotopic (exact) mass is 405 g/mol. The van der Waals surface area contributed by atoms with Gasteiger partial charge in [0, 0.05) is 24.3 Å². The topological polar surface area (TPSA) is 74.6 Å². The van der Waals surface area contributed by atoms with Crippen LogP contribution in [0.1, 0.15) is 41.6 Å². The van der Waals surface area contributed by atoms with Gasteiger partial charge in [-0.2, -0.15) is 0 Å². The van der Waals surface area contributed by atoms with Gasteiger partial charge in [-0.1, -0.05) is 30.3 Å². The van der Waals surface area contributed by atoms with Gasteiger partial charge < -0.3 is 14.6 Å². The Bertz CT molecular complexity index is 934. The second-order valence-electron chi connectivity index (χ2n) is 6.84. The Balaban J connectivity index is 1.60. The van der Waals surface area contributed by atoms with Gasteiger partial charge in [-0.15, -0.1) is 0 Å². The molecule has 0 aliphatic heterocycles. The Hall–Kier alpha value is -3.38. The van der Waals surface area contributed by atoms with Crippen LogP contribution < -0.4 is 10.6 Å². The largest absolute Gasteiger partial charge is 0.467 e. The van der Waals surface area contributed by atoms with Gasteiger partial charge in [0.25, 0.3) is 5.91 Å². The minimum absolute atomic E-state index is 0.0105. The molecule has 2 N–H and O–H groups in total. The van der Waals surface area contributed by atoms with Crippen molar-refractivity contribution in [1.82, 2.24) is 10.2 Å². The predicted octanol–water partition coefficient (Wildman–Crippen LogP) is 4.08. The molecule has 0 saturated carbocycles. The SMILES string of the molecule is CCN(CC)C(=O)c1ccc(NC(=O)CN[C@H](c2ccccc2)c2ccco2)cc1. The number of anilines is 1. The lowest BCUT2D eigenvalue weighted by Crippen LogP contribution is -2.32. The molecule has 156 valence electrons. The number of nitrogens with zero attached hydrogens (tertiary/aromatic N) is 1. The minimum atomic E-state index is -0.221. The van der Waals surface area contributed by atoms with Crippen molar-refractivity contribution in [3.05, 3.63) is 89.9 Å². The highest BCUT2D eigenvalue weighted by atomic mass is 16.3. The van der Waals surface area contributed by atoms with E-state index in [4.69, 9.17) is 4.42 Å². The number of benzene rings is 2. The summed E-state index contributed by atoms with van der Waals surface area (Å²) in [5.74, 6) is 0.558. The van der Waals surface area contributed by atoms with E-state index < -0.39 is 0 Å². The Morgan fingerprint density at radius 3 is 2.23 bits per heavy atom. The number of carbonyl (C=O) groups excluding carboxylic acids is 2. The zero-order valence-electron chi connectivity index (χ0n) is 17.3. The number of rotatable bonds is 9. The number of hydrogen-bond donors (Lipinski definition) is 2. The van der Waals surface area contributed by atoms with Gasteiger partial charge in [0.2, 0.25) is 5.91 Å². The van der Waals surface area contributed by atoms with Crippen molar-refractivity contribution in [3.63, 3.8) is 0 Å². The molecular weight excluding hydrogens is 378 g/mol. The summed E-state index contributed by atoms with van der Waals surface area (Å²) in [6, 6.07) is 20.3. The van der Waals surface area contributed by atoms with Crippen molar-refractivity contribution in [2.24, 2.45) is 0 Å². The van der Waals surface area contributed by atoms with Crippen LogP contribution in [-0.2, 0) is 4.79 Å². The van der Waals surface area contributed by atoms with Crippen LogP contribution in [0, 0.1) is 0 Å². The zero-order valence-corrected chi connectivity index (χ0v) is 17.3. The maximum Gasteiger partial charge on any atom is 0.253 e. The van der Waals surface area contributed by atoms with Gasteiger partial charge in [-0.3, -0.25) is 14.9 Å². The molecule has 0 aliphatic rings. The molecule has 3 aromatic rings. The highest BCUT2D eigenvalue weighted by Gasteiger charge is 2.18. The molecule has 1 aromatic heterocycles. The average molecular weight is 405 g/mol. The normalized spacial score (nSPS) is 11.7. The molecule has 1 atom stereocenters. The summed E-state index contributed by atoms with van der Waals surface area (Å²) in [6.07, 6.45) is 1.62. The molecule has 0 spiro atoms. The average Bonchev–Trinajstić information content (AvgIpc) is 3.30. The Morgan fingerprint density at radius 1 is 0.933 bits per heavy atom.